The molecule has 1 aliphatic heterocycles. The number of esters is 1. The maximum absolute atomic E-state index is 13.1. The molecule has 0 aliphatic carbocycles. The van der Waals surface area contributed by atoms with Gasteiger partial charge in [-0.15, -0.1) is 0 Å². The molecular formula is C24H28N2O5. The Morgan fingerprint density at radius 2 is 1.87 bits per heavy atom. The van der Waals surface area contributed by atoms with Crippen LogP contribution in [0.25, 0.3) is 0 Å². The highest BCUT2D eigenvalue weighted by Crippen LogP contribution is 2.28. The second-order valence-corrected chi connectivity index (χ2v) is 7.60. The molecule has 0 bridgehead atoms. The van der Waals surface area contributed by atoms with Crippen molar-refractivity contribution in [1.29, 1.82) is 0 Å². The lowest BCUT2D eigenvalue weighted by Crippen LogP contribution is -2.37. The van der Waals surface area contributed by atoms with Crippen LogP contribution >= 0.6 is 0 Å². The summed E-state index contributed by atoms with van der Waals surface area (Å²) in [6.45, 7) is 2.27. The van der Waals surface area contributed by atoms with Gasteiger partial charge in [0.2, 0.25) is 12.0 Å². The lowest BCUT2D eigenvalue weighted by Gasteiger charge is -2.23. The summed E-state index contributed by atoms with van der Waals surface area (Å²) >= 11 is 0. The molecule has 31 heavy (non-hydrogen) atoms. The summed E-state index contributed by atoms with van der Waals surface area (Å²) < 4.78 is 10.9. The summed E-state index contributed by atoms with van der Waals surface area (Å²) in [5, 5.41) is 2.81. The Balaban J connectivity index is 1.77. The van der Waals surface area contributed by atoms with E-state index in [0.29, 0.717) is 30.0 Å². The van der Waals surface area contributed by atoms with Crippen molar-refractivity contribution >= 4 is 23.5 Å². The van der Waals surface area contributed by atoms with Crippen molar-refractivity contribution in [3.63, 3.8) is 0 Å². The maximum atomic E-state index is 13.1. The molecule has 0 unspecified atom stereocenters. The number of anilines is 1. The van der Waals surface area contributed by atoms with Crippen LogP contribution in [0.5, 0.6) is 5.75 Å². The van der Waals surface area contributed by atoms with E-state index in [4.69, 9.17) is 9.47 Å². The third-order valence-corrected chi connectivity index (χ3v) is 5.19. The highest BCUT2D eigenvalue weighted by atomic mass is 16.5. The first-order valence-corrected chi connectivity index (χ1v) is 10.5. The van der Waals surface area contributed by atoms with E-state index in [9.17, 15) is 14.4 Å². The van der Waals surface area contributed by atoms with Crippen LogP contribution in [0, 0.1) is 6.92 Å². The molecule has 2 aromatic rings. The Morgan fingerprint density at radius 1 is 1.10 bits per heavy atom. The van der Waals surface area contributed by atoms with Gasteiger partial charge in [0.05, 0.1) is 12.8 Å². The van der Waals surface area contributed by atoms with Gasteiger partial charge in [0.15, 0.2) is 0 Å². The Kier molecular flexibility index (Phi) is 7.65. The minimum Gasteiger partial charge on any atom is -0.495 e. The summed E-state index contributed by atoms with van der Waals surface area (Å²) in [7, 11) is 1.52. The fourth-order valence-corrected chi connectivity index (χ4v) is 3.55. The molecule has 2 aromatic carbocycles. The number of hydrogen-bond donors (Lipinski definition) is 1. The number of nitrogens with one attached hydrogen (secondary N) is 1. The van der Waals surface area contributed by atoms with Gasteiger partial charge in [0, 0.05) is 18.5 Å². The van der Waals surface area contributed by atoms with Crippen LogP contribution in [0.1, 0.15) is 42.9 Å². The number of ether oxygens (including phenoxy) is 2. The molecule has 1 atom stereocenters. The number of aryl methyl sites for hydroxylation is 1. The van der Waals surface area contributed by atoms with Gasteiger partial charge in [-0.1, -0.05) is 42.8 Å². The van der Waals surface area contributed by atoms with E-state index in [1.54, 1.807) is 36.4 Å². The van der Waals surface area contributed by atoms with Gasteiger partial charge < -0.3 is 19.7 Å². The molecule has 1 saturated heterocycles. The summed E-state index contributed by atoms with van der Waals surface area (Å²) in [6, 6.07) is 14.2. The normalized spacial score (nSPS) is 15.0. The first-order valence-electron chi connectivity index (χ1n) is 10.5. The smallest absolute Gasteiger partial charge is 0.326 e. The summed E-state index contributed by atoms with van der Waals surface area (Å²) in [4.78, 5) is 39.5. The first-order chi connectivity index (χ1) is 15.0. The van der Waals surface area contributed by atoms with E-state index < -0.39 is 18.0 Å². The molecule has 0 saturated carbocycles. The molecule has 0 radical (unpaired) electrons. The zero-order valence-electron chi connectivity index (χ0n) is 17.9. The van der Waals surface area contributed by atoms with Crippen LogP contribution in [-0.4, -0.2) is 42.9 Å². The average Bonchev–Trinajstić information content (AvgIpc) is 2.97. The lowest BCUT2D eigenvalue weighted by molar-refractivity contribution is -0.157. The molecule has 0 spiro atoms. The monoisotopic (exact) mass is 424 g/mol. The zero-order valence-corrected chi connectivity index (χ0v) is 17.9. The maximum Gasteiger partial charge on any atom is 0.326 e. The largest absolute Gasteiger partial charge is 0.495 e. The highest BCUT2D eigenvalue weighted by Gasteiger charge is 2.28. The predicted molar refractivity (Wildman–Crippen MR) is 117 cm³/mol. The standard InChI is InChI=1S/C24H28N2O5/c1-17-12-13-20(30-2)19(15-17)25-24(29)23(18-9-5-3-6-10-18)31-22(28)16-26-14-8-4-7-11-21(26)27/h3,5-6,9-10,12-13,15,23H,4,7-8,11,14,16H2,1-2H3,(H,25,29)/t23-/m0/s1. The van der Waals surface area contributed by atoms with Crippen molar-refractivity contribution in [2.75, 3.05) is 25.5 Å². The molecule has 3 rings (SSSR count). The van der Waals surface area contributed by atoms with E-state index in [0.717, 1.165) is 24.8 Å². The number of benzene rings is 2. The van der Waals surface area contributed by atoms with Crippen molar-refractivity contribution in [2.24, 2.45) is 0 Å². The average molecular weight is 424 g/mol. The lowest BCUT2D eigenvalue weighted by atomic mass is 10.1. The first kappa shape index (κ1) is 22.3. The second-order valence-electron chi connectivity index (χ2n) is 7.60. The Bertz CT molecular complexity index is 929. The molecular weight excluding hydrogens is 396 g/mol. The third kappa shape index (κ3) is 6.07. The van der Waals surface area contributed by atoms with E-state index in [2.05, 4.69) is 5.32 Å². The molecule has 1 heterocycles. The van der Waals surface area contributed by atoms with Crippen molar-refractivity contribution in [3.05, 3.63) is 59.7 Å². The van der Waals surface area contributed by atoms with Gasteiger partial charge >= 0.3 is 5.97 Å². The van der Waals surface area contributed by atoms with E-state index >= 15 is 0 Å². The highest BCUT2D eigenvalue weighted by molar-refractivity contribution is 5.97. The van der Waals surface area contributed by atoms with Crippen LogP contribution in [0.3, 0.4) is 0 Å². The number of rotatable bonds is 7. The minimum absolute atomic E-state index is 0.0559. The van der Waals surface area contributed by atoms with Crippen LogP contribution in [0.4, 0.5) is 5.69 Å². The second kappa shape index (κ2) is 10.6. The molecule has 0 aromatic heterocycles. The van der Waals surface area contributed by atoms with Crippen molar-refractivity contribution in [1.82, 2.24) is 4.90 Å². The van der Waals surface area contributed by atoms with Gasteiger partial charge in [-0.25, -0.2) is 0 Å². The number of nitrogens with zero attached hydrogens (tertiary/aromatic N) is 1. The van der Waals surface area contributed by atoms with Gasteiger partial charge in [-0.3, -0.25) is 14.4 Å². The van der Waals surface area contributed by atoms with E-state index in [-0.39, 0.29) is 12.5 Å². The molecule has 2 amide bonds. The number of methoxy groups -OCH3 is 1. The quantitative estimate of drug-likeness (QED) is 0.686. The topological polar surface area (TPSA) is 84.9 Å². The Morgan fingerprint density at radius 3 is 2.61 bits per heavy atom. The van der Waals surface area contributed by atoms with Crippen LogP contribution in [0.15, 0.2) is 48.5 Å². The third-order valence-electron chi connectivity index (χ3n) is 5.19. The van der Waals surface area contributed by atoms with Crippen LogP contribution in [-0.2, 0) is 19.1 Å². The molecule has 164 valence electrons. The van der Waals surface area contributed by atoms with Gasteiger partial charge in [-0.05, 0) is 37.5 Å². The Labute approximate surface area is 182 Å². The Hall–Kier alpha value is -3.35. The summed E-state index contributed by atoms with van der Waals surface area (Å²) in [6.07, 6.45) is 1.93. The molecule has 1 N–H and O–H groups in total. The number of hydrogen-bond acceptors (Lipinski definition) is 5. The van der Waals surface area contributed by atoms with E-state index in [1.807, 2.05) is 19.1 Å². The summed E-state index contributed by atoms with van der Waals surface area (Å²) in [5.74, 6) is -0.659. The van der Waals surface area contributed by atoms with Crippen molar-refractivity contribution < 1.29 is 23.9 Å². The molecule has 1 aliphatic rings. The van der Waals surface area contributed by atoms with E-state index in [1.165, 1.54) is 12.0 Å². The van der Waals surface area contributed by atoms with Gasteiger partial charge in [0.25, 0.3) is 5.91 Å². The van der Waals surface area contributed by atoms with Crippen LogP contribution < -0.4 is 10.1 Å². The van der Waals surface area contributed by atoms with Crippen molar-refractivity contribution in [2.45, 2.75) is 38.7 Å². The van der Waals surface area contributed by atoms with Gasteiger partial charge in [-0.2, -0.15) is 0 Å². The molecule has 7 heteroatoms. The van der Waals surface area contributed by atoms with Crippen molar-refractivity contribution in [3.8, 4) is 5.75 Å². The number of carbonyl (C=O) groups excluding carboxylic acids is 3. The molecule has 1 fully saturated rings. The number of likely N-dealkylation sites (tertiary alicyclic amines) is 1. The minimum atomic E-state index is -1.15. The fraction of sp³-hybridized carbons (Fsp3) is 0.375. The summed E-state index contributed by atoms with van der Waals surface area (Å²) in [5.41, 5.74) is 1.98. The number of carbonyl (C=O) groups is 3. The van der Waals surface area contributed by atoms with Crippen LogP contribution in [0.2, 0.25) is 0 Å². The SMILES string of the molecule is COc1ccc(C)cc1NC(=O)[C@@H](OC(=O)CN1CCCCCC1=O)c1ccccc1. The van der Waals surface area contributed by atoms with Gasteiger partial charge in [0.1, 0.15) is 12.3 Å². The fourth-order valence-electron chi connectivity index (χ4n) is 3.55. The zero-order chi connectivity index (χ0) is 22.2. The molecule has 7 nitrogen and oxygen atoms in total. The predicted octanol–water partition coefficient (Wildman–Crippen LogP) is 3.63. The number of amides is 2.